The molecule has 180 valence electrons. The van der Waals surface area contributed by atoms with Crippen LogP contribution < -0.4 is 0 Å². The van der Waals surface area contributed by atoms with Crippen LogP contribution in [0.1, 0.15) is 63.6 Å². The van der Waals surface area contributed by atoms with Crippen molar-refractivity contribution in [1.29, 1.82) is 0 Å². The minimum absolute atomic E-state index is 0.0756. The van der Waals surface area contributed by atoms with Crippen LogP contribution in [0.2, 0.25) is 0 Å². The monoisotopic (exact) mass is 458 g/mol. The van der Waals surface area contributed by atoms with Crippen molar-refractivity contribution in [3.05, 3.63) is 70.1 Å². The largest absolute Gasteiger partial charge is 0.391 e. The van der Waals surface area contributed by atoms with E-state index in [0.29, 0.717) is 5.92 Å². The van der Waals surface area contributed by atoms with Gasteiger partial charge in [-0.15, -0.1) is 0 Å². The van der Waals surface area contributed by atoms with E-state index in [1.165, 1.54) is 27.9 Å². The number of hydrogen-bond acceptors (Lipinski definition) is 4. The number of allylic oxidation sites excluding steroid dienone is 4. The summed E-state index contributed by atoms with van der Waals surface area (Å²) < 4.78 is 7.36. The second-order valence-electron chi connectivity index (χ2n) is 11.9. The van der Waals surface area contributed by atoms with E-state index in [0.717, 1.165) is 44.2 Å². The maximum atomic E-state index is 10.9. The molecule has 2 bridgehead atoms. The quantitative estimate of drug-likeness (QED) is 0.660. The van der Waals surface area contributed by atoms with Crippen molar-refractivity contribution in [2.45, 2.75) is 82.6 Å². The van der Waals surface area contributed by atoms with E-state index >= 15 is 0 Å². The lowest BCUT2D eigenvalue weighted by Crippen LogP contribution is -2.57. The summed E-state index contributed by atoms with van der Waals surface area (Å²) in [6, 6.07) is 4.31. The van der Waals surface area contributed by atoms with E-state index in [1.54, 1.807) is 0 Å². The summed E-state index contributed by atoms with van der Waals surface area (Å²) in [7, 11) is 4.17. The average molecular weight is 459 g/mol. The number of rotatable bonds is 3. The molecule has 6 atom stereocenters. The molecule has 2 fully saturated rings. The van der Waals surface area contributed by atoms with Crippen molar-refractivity contribution in [2.24, 2.45) is 11.3 Å². The molecule has 1 saturated heterocycles. The maximum absolute atomic E-state index is 10.9. The third-order valence-electron chi connectivity index (χ3n) is 9.86. The second-order valence-corrected chi connectivity index (χ2v) is 11.9. The maximum Gasteiger partial charge on any atom is 0.0983 e. The molecule has 4 heteroatoms. The lowest BCUT2D eigenvalue weighted by Gasteiger charge is -2.56. The van der Waals surface area contributed by atoms with Crippen LogP contribution in [-0.2, 0) is 4.74 Å². The summed E-state index contributed by atoms with van der Waals surface area (Å²) >= 11 is 0. The molecule has 1 N–H and O–H groups in total. The fraction of sp³-hybridized carbons (Fsp3) is 0.567. The van der Waals surface area contributed by atoms with Gasteiger partial charge in [0.2, 0.25) is 0 Å². The predicted molar refractivity (Wildman–Crippen MR) is 136 cm³/mol. The smallest absolute Gasteiger partial charge is 0.0983 e. The molecule has 34 heavy (non-hydrogen) atoms. The summed E-state index contributed by atoms with van der Waals surface area (Å²) in [6.07, 6.45) is 17.0. The summed E-state index contributed by atoms with van der Waals surface area (Å²) in [5, 5.41) is 10.9. The summed E-state index contributed by atoms with van der Waals surface area (Å²) in [6.45, 7) is 6.86. The van der Waals surface area contributed by atoms with Crippen LogP contribution in [0.15, 0.2) is 58.9 Å². The Morgan fingerprint density at radius 1 is 1.21 bits per heavy atom. The van der Waals surface area contributed by atoms with Crippen LogP contribution in [-0.4, -0.2) is 52.4 Å². The van der Waals surface area contributed by atoms with Gasteiger partial charge in [-0.25, -0.2) is 0 Å². The van der Waals surface area contributed by atoms with Gasteiger partial charge in [0.05, 0.1) is 17.3 Å². The number of nitrogens with zero attached hydrogens (tertiary/aromatic N) is 2. The molecule has 4 nitrogen and oxygen atoms in total. The Labute approximate surface area is 204 Å². The summed E-state index contributed by atoms with van der Waals surface area (Å²) in [5.41, 5.74) is 7.60. The molecular weight excluding hydrogens is 420 g/mol. The molecule has 0 aromatic carbocycles. The molecule has 2 aliphatic heterocycles. The fourth-order valence-corrected chi connectivity index (χ4v) is 8.11. The topological polar surface area (TPSA) is 45.6 Å². The number of aliphatic hydroxyl groups is 1. The lowest BCUT2D eigenvalue weighted by molar-refractivity contribution is -0.146. The number of pyridine rings is 1. The van der Waals surface area contributed by atoms with Crippen LogP contribution >= 0.6 is 0 Å². The van der Waals surface area contributed by atoms with Gasteiger partial charge in [0.15, 0.2) is 0 Å². The third kappa shape index (κ3) is 2.98. The summed E-state index contributed by atoms with van der Waals surface area (Å²) in [4.78, 5) is 6.64. The van der Waals surface area contributed by atoms with Gasteiger partial charge in [-0.05, 0) is 94.8 Å². The molecule has 6 rings (SSSR count). The van der Waals surface area contributed by atoms with Gasteiger partial charge >= 0.3 is 0 Å². The van der Waals surface area contributed by atoms with Crippen molar-refractivity contribution in [3.63, 3.8) is 0 Å². The highest BCUT2D eigenvalue weighted by Gasteiger charge is 2.66. The molecule has 3 heterocycles. The number of ether oxygens (including phenoxy) is 1. The summed E-state index contributed by atoms with van der Waals surface area (Å²) in [5.74, 6) is 0.454. The first-order chi connectivity index (χ1) is 16.2. The SMILES string of the molecule is CC1=C2C=C3CC(O)[C@@H](N(C)C)C[C@]34CC[C@]2(O4)C2CC=C(/C=C/c3cccnc3C)C2(C)C1. The van der Waals surface area contributed by atoms with Crippen molar-refractivity contribution in [2.75, 3.05) is 14.1 Å². The van der Waals surface area contributed by atoms with E-state index < -0.39 is 0 Å². The van der Waals surface area contributed by atoms with Crippen LogP contribution in [0.4, 0.5) is 0 Å². The van der Waals surface area contributed by atoms with Gasteiger partial charge < -0.3 is 14.7 Å². The zero-order chi connectivity index (χ0) is 23.9. The van der Waals surface area contributed by atoms with Crippen LogP contribution in [0, 0.1) is 18.3 Å². The number of aryl methyl sites for hydroxylation is 1. The van der Waals surface area contributed by atoms with Gasteiger partial charge in [0.25, 0.3) is 0 Å². The molecule has 2 spiro atoms. The number of aromatic nitrogens is 1. The first-order valence-electron chi connectivity index (χ1n) is 12.9. The molecule has 0 radical (unpaired) electrons. The Kier molecular flexibility index (Phi) is 4.95. The Hall–Kier alpha value is -2.01. The van der Waals surface area contributed by atoms with Gasteiger partial charge in [0.1, 0.15) is 0 Å². The Bertz CT molecular complexity index is 1160. The van der Waals surface area contributed by atoms with E-state index in [9.17, 15) is 5.11 Å². The molecule has 1 aromatic heterocycles. The minimum Gasteiger partial charge on any atom is -0.391 e. The Morgan fingerprint density at radius 3 is 2.79 bits per heavy atom. The average Bonchev–Trinajstić information content (AvgIpc) is 3.28. The van der Waals surface area contributed by atoms with E-state index in [-0.39, 0.29) is 28.8 Å². The van der Waals surface area contributed by atoms with Crippen molar-refractivity contribution in [3.8, 4) is 0 Å². The van der Waals surface area contributed by atoms with Crippen molar-refractivity contribution >= 4 is 6.08 Å². The number of likely N-dealkylation sites (N-methyl/N-ethyl adjacent to an activating group) is 1. The van der Waals surface area contributed by atoms with Crippen LogP contribution in [0.25, 0.3) is 6.08 Å². The Morgan fingerprint density at radius 2 is 2.03 bits per heavy atom. The highest BCUT2D eigenvalue weighted by atomic mass is 16.5. The normalized spacial score (nSPS) is 40.9. The minimum atomic E-state index is -0.320. The highest BCUT2D eigenvalue weighted by Crippen LogP contribution is 2.67. The lowest BCUT2D eigenvalue weighted by atomic mass is 9.57. The number of aliphatic hydroxyl groups excluding tert-OH is 1. The zero-order valence-electron chi connectivity index (χ0n) is 21.3. The van der Waals surface area contributed by atoms with E-state index in [2.05, 4.69) is 75.1 Å². The van der Waals surface area contributed by atoms with Gasteiger partial charge in [0, 0.05) is 29.3 Å². The molecule has 3 aliphatic carbocycles. The second kappa shape index (κ2) is 7.49. The van der Waals surface area contributed by atoms with E-state index in [4.69, 9.17) is 4.74 Å². The molecular formula is C30H38N2O2. The number of hydrogen-bond donors (Lipinski definition) is 1. The standard InChI is InChI=1S/C30H38N2O2/c1-19-17-28(3)22(9-8-21-7-6-14-31-20(21)2)10-11-27(28)30-13-12-29(34-30)18-25(32(4)5)26(33)16-23(29)15-24(19)30/h6-10,14-15,25-27,33H,11-13,16-18H2,1-5H3/b9-8+/t25-,26?,27?,28?,29+,30+/m0/s1. The first kappa shape index (κ1) is 22.5. The van der Waals surface area contributed by atoms with Crippen LogP contribution in [0.5, 0.6) is 0 Å². The van der Waals surface area contributed by atoms with Gasteiger partial charge in [-0.3, -0.25) is 4.98 Å². The van der Waals surface area contributed by atoms with Crippen molar-refractivity contribution in [1.82, 2.24) is 9.88 Å². The highest BCUT2D eigenvalue weighted by molar-refractivity contribution is 5.58. The van der Waals surface area contributed by atoms with E-state index in [1.807, 2.05) is 12.3 Å². The molecule has 0 amide bonds. The van der Waals surface area contributed by atoms with Crippen LogP contribution in [0.3, 0.4) is 0 Å². The molecule has 1 saturated carbocycles. The predicted octanol–water partition coefficient (Wildman–Crippen LogP) is 5.39. The molecule has 3 unspecified atom stereocenters. The zero-order valence-corrected chi connectivity index (χ0v) is 21.3. The molecule has 1 aromatic rings. The molecule has 5 aliphatic rings. The van der Waals surface area contributed by atoms with Gasteiger partial charge in [-0.2, -0.15) is 0 Å². The van der Waals surface area contributed by atoms with Gasteiger partial charge in [-0.1, -0.05) is 42.9 Å². The van der Waals surface area contributed by atoms with Crippen molar-refractivity contribution < 1.29 is 9.84 Å². The third-order valence-corrected chi connectivity index (χ3v) is 9.86. The number of fused-ring (bicyclic) bond motifs is 1. The fourth-order valence-electron chi connectivity index (χ4n) is 8.11. The Balaban J connectivity index is 1.38. The first-order valence-corrected chi connectivity index (χ1v) is 12.9.